The highest BCUT2D eigenvalue weighted by Crippen LogP contribution is 2.31. The number of anilines is 4. The summed E-state index contributed by atoms with van der Waals surface area (Å²) in [5, 5.41) is 27.4. The molecule has 42 heavy (non-hydrogen) atoms. The van der Waals surface area contributed by atoms with Crippen LogP contribution in [0.25, 0.3) is 11.0 Å². The second-order valence-corrected chi connectivity index (χ2v) is 10.6. The van der Waals surface area contributed by atoms with Gasteiger partial charge in [0.25, 0.3) is 0 Å². The van der Waals surface area contributed by atoms with Gasteiger partial charge < -0.3 is 40.1 Å². The highest BCUT2D eigenvalue weighted by atomic mass is 16.5. The minimum absolute atomic E-state index is 0.423. The van der Waals surface area contributed by atoms with Gasteiger partial charge in [-0.3, -0.25) is 0 Å². The molecule has 4 aromatic rings. The van der Waals surface area contributed by atoms with Crippen LogP contribution in [0.2, 0.25) is 0 Å². The SMILES string of the molecule is COc1ccc(CNc2nc(N3CC[C@H](O)C3)nc3c(NCc4ccc(OC)cc4)nc(N4CC[C@H](O)C4)nc23)cc1. The first kappa shape index (κ1) is 27.7. The second kappa shape index (κ2) is 12.2. The summed E-state index contributed by atoms with van der Waals surface area (Å²) in [4.78, 5) is 23.6. The topological polar surface area (TPSA) is 141 Å². The molecule has 2 saturated heterocycles. The predicted octanol–water partition coefficient (Wildman–Crippen LogP) is 2.80. The lowest BCUT2D eigenvalue weighted by Gasteiger charge is -2.21. The molecule has 6 rings (SSSR count). The van der Waals surface area contributed by atoms with Crippen LogP contribution in [0.5, 0.6) is 11.5 Å². The lowest BCUT2D eigenvalue weighted by molar-refractivity contribution is 0.198. The Labute approximate surface area is 244 Å². The molecule has 0 saturated carbocycles. The second-order valence-electron chi connectivity index (χ2n) is 10.6. The van der Waals surface area contributed by atoms with E-state index in [1.54, 1.807) is 14.2 Å². The highest BCUT2D eigenvalue weighted by Gasteiger charge is 2.27. The van der Waals surface area contributed by atoms with Crippen molar-refractivity contribution in [1.82, 2.24) is 19.9 Å². The number of β-amino-alcohol motifs (C(OH)–C–C–N with tert-alkyl or cyclic N) is 2. The van der Waals surface area contributed by atoms with Gasteiger partial charge in [0.1, 0.15) is 22.5 Å². The summed E-state index contributed by atoms with van der Waals surface area (Å²) in [5.41, 5.74) is 3.26. The molecule has 2 aliphatic heterocycles. The molecule has 0 amide bonds. The normalized spacial score (nSPS) is 18.5. The lowest BCUT2D eigenvalue weighted by atomic mass is 10.2. The van der Waals surface area contributed by atoms with Crippen molar-refractivity contribution in [3.8, 4) is 11.5 Å². The number of aromatic nitrogens is 4. The molecule has 2 aromatic carbocycles. The molecular weight excluding hydrogens is 536 g/mol. The number of nitrogens with one attached hydrogen (secondary N) is 2. The number of nitrogens with zero attached hydrogens (tertiary/aromatic N) is 6. The van der Waals surface area contributed by atoms with Gasteiger partial charge >= 0.3 is 0 Å². The molecule has 12 nitrogen and oxygen atoms in total. The largest absolute Gasteiger partial charge is 0.497 e. The maximum atomic E-state index is 10.2. The Morgan fingerprint density at radius 3 is 1.40 bits per heavy atom. The van der Waals surface area contributed by atoms with Crippen LogP contribution < -0.4 is 29.9 Å². The van der Waals surface area contributed by atoms with Gasteiger partial charge in [0.05, 0.1) is 26.4 Å². The van der Waals surface area contributed by atoms with Crippen molar-refractivity contribution < 1.29 is 19.7 Å². The van der Waals surface area contributed by atoms with Crippen molar-refractivity contribution >= 4 is 34.6 Å². The number of hydrogen-bond donors (Lipinski definition) is 4. The van der Waals surface area contributed by atoms with Crippen LogP contribution in [0, 0.1) is 0 Å². The molecule has 12 heteroatoms. The van der Waals surface area contributed by atoms with E-state index in [0.29, 0.717) is 86.7 Å². The molecule has 2 fully saturated rings. The summed E-state index contributed by atoms with van der Waals surface area (Å²) >= 11 is 0. The van der Waals surface area contributed by atoms with E-state index < -0.39 is 12.2 Å². The zero-order valence-electron chi connectivity index (χ0n) is 23.8. The number of benzene rings is 2. The van der Waals surface area contributed by atoms with Crippen molar-refractivity contribution in [2.75, 3.05) is 60.8 Å². The minimum atomic E-state index is -0.423. The molecule has 2 atom stereocenters. The Kier molecular flexibility index (Phi) is 8.06. The Hall–Kier alpha value is -4.42. The van der Waals surface area contributed by atoms with Gasteiger partial charge in [-0.25, -0.2) is 9.97 Å². The zero-order valence-corrected chi connectivity index (χ0v) is 23.8. The van der Waals surface area contributed by atoms with E-state index in [1.165, 1.54) is 0 Å². The highest BCUT2D eigenvalue weighted by molar-refractivity contribution is 5.94. The van der Waals surface area contributed by atoms with E-state index in [1.807, 2.05) is 58.3 Å². The van der Waals surface area contributed by atoms with Crippen LogP contribution >= 0.6 is 0 Å². The van der Waals surface area contributed by atoms with E-state index in [-0.39, 0.29) is 0 Å². The summed E-state index contributed by atoms with van der Waals surface area (Å²) in [6.45, 7) is 3.25. The van der Waals surface area contributed by atoms with Gasteiger partial charge in [0.2, 0.25) is 11.9 Å². The lowest BCUT2D eigenvalue weighted by Crippen LogP contribution is -2.25. The molecule has 2 aromatic heterocycles. The van der Waals surface area contributed by atoms with Gasteiger partial charge in [-0.2, -0.15) is 9.97 Å². The van der Waals surface area contributed by atoms with Crippen LogP contribution in [0.3, 0.4) is 0 Å². The van der Waals surface area contributed by atoms with E-state index in [9.17, 15) is 10.2 Å². The van der Waals surface area contributed by atoms with E-state index >= 15 is 0 Å². The molecule has 0 bridgehead atoms. The molecule has 220 valence electrons. The maximum absolute atomic E-state index is 10.2. The van der Waals surface area contributed by atoms with Crippen LogP contribution in [-0.2, 0) is 13.1 Å². The average molecular weight is 573 g/mol. The number of hydrogen-bond acceptors (Lipinski definition) is 12. The smallest absolute Gasteiger partial charge is 0.228 e. The minimum Gasteiger partial charge on any atom is -0.497 e. The quantitative estimate of drug-likeness (QED) is 0.222. The molecule has 4 N–H and O–H groups in total. The fourth-order valence-corrected chi connectivity index (χ4v) is 5.23. The average Bonchev–Trinajstić information content (AvgIpc) is 3.67. The Morgan fingerprint density at radius 1 is 0.667 bits per heavy atom. The number of rotatable bonds is 10. The van der Waals surface area contributed by atoms with E-state index in [2.05, 4.69) is 10.6 Å². The monoisotopic (exact) mass is 572 g/mol. The number of methoxy groups -OCH3 is 2. The Bertz CT molecular complexity index is 1400. The van der Waals surface area contributed by atoms with Gasteiger partial charge in [0.15, 0.2) is 11.6 Å². The van der Waals surface area contributed by atoms with Crippen LogP contribution in [0.15, 0.2) is 48.5 Å². The Morgan fingerprint density at radius 2 is 1.07 bits per heavy atom. The molecule has 0 aliphatic carbocycles. The molecule has 0 spiro atoms. The first-order valence-electron chi connectivity index (χ1n) is 14.2. The van der Waals surface area contributed by atoms with Crippen molar-refractivity contribution in [2.24, 2.45) is 0 Å². The van der Waals surface area contributed by atoms with Crippen LogP contribution in [0.1, 0.15) is 24.0 Å². The summed E-state index contributed by atoms with van der Waals surface area (Å²) in [6.07, 6.45) is 0.470. The summed E-state index contributed by atoms with van der Waals surface area (Å²) in [7, 11) is 3.29. The first-order valence-corrected chi connectivity index (χ1v) is 14.2. The molecular formula is C30H36N8O4. The molecule has 0 unspecified atom stereocenters. The Balaban J connectivity index is 1.40. The molecule has 0 radical (unpaired) electrons. The van der Waals surface area contributed by atoms with Crippen molar-refractivity contribution in [1.29, 1.82) is 0 Å². The fourth-order valence-electron chi connectivity index (χ4n) is 5.23. The first-order chi connectivity index (χ1) is 20.5. The van der Waals surface area contributed by atoms with Crippen molar-refractivity contribution in [2.45, 2.75) is 38.1 Å². The third-order valence-corrected chi connectivity index (χ3v) is 7.65. The number of ether oxygens (including phenoxy) is 2. The van der Waals surface area contributed by atoms with Gasteiger partial charge in [-0.15, -0.1) is 0 Å². The standard InChI is InChI=1S/C30H36N8O4/c1-41-23-7-3-19(4-8-23)15-31-27-25-26(34-29(35-27)37-13-11-21(39)17-37)28(32-16-20-5-9-24(42-2)10-6-20)36-30(33-25)38-14-12-22(40)18-38/h3-10,21-22,39-40H,11-18H2,1-2H3,(H,31,34,35)(H,32,33,36)/t21-,22-/m0/s1. The van der Waals surface area contributed by atoms with E-state index in [0.717, 1.165) is 22.6 Å². The van der Waals surface area contributed by atoms with Crippen molar-refractivity contribution in [3.63, 3.8) is 0 Å². The van der Waals surface area contributed by atoms with Gasteiger partial charge in [-0.05, 0) is 48.2 Å². The van der Waals surface area contributed by atoms with E-state index in [4.69, 9.17) is 29.4 Å². The summed E-state index contributed by atoms with van der Waals surface area (Å²) in [6, 6.07) is 15.7. The third kappa shape index (κ3) is 6.09. The number of aliphatic hydroxyl groups is 2. The fraction of sp³-hybridized carbons (Fsp3) is 0.400. The van der Waals surface area contributed by atoms with Crippen LogP contribution in [-0.4, -0.2) is 82.8 Å². The number of aliphatic hydroxyl groups excluding tert-OH is 2. The van der Waals surface area contributed by atoms with Crippen molar-refractivity contribution in [3.05, 3.63) is 59.7 Å². The summed E-state index contributed by atoms with van der Waals surface area (Å²) < 4.78 is 10.6. The maximum Gasteiger partial charge on any atom is 0.228 e. The van der Waals surface area contributed by atoms with Crippen LogP contribution in [0.4, 0.5) is 23.5 Å². The van der Waals surface area contributed by atoms with Gasteiger partial charge in [0, 0.05) is 39.3 Å². The predicted molar refractivity (Wildman–Crippen MR) is 161 cm³/mol. The zero-order chi connectivity index (χ0) is 29.1. The third-order valence-electron chi connectivity index (χ3n) is 7.65. The molecule has 2 aliphatic rings. The summed E-state index contributed by atoms with van der Waals surface area (Å²) in [5.74, 6) is 3.75. The molecule has 4 heterocycles. The number of fused-ring (bicyclic) bond motifs is 1. The van der Waals surface area contributed by atoms with Gasteiger partial charge in [-0.1, -0.05) is 24.3 Å².